The standard InChI is InChI=1S/C16H17Si/c1-12-8-11-16(17)15(13(12)2)10-9-14-6-4-3-5-7-14/h3-8,11H,9-10H2,1-2H3. The third-order valence-electron chi connectivity index (χ3n) is 3.38. The Morgan fingerprint density at radius 1 is 0.882 bits per heavy atom. The van der Waals surface area contributed by atoms with E-state index in [-0.39, 0.29) is 0 Å². The average molecular weight is 237 g/mol. The molecule has 0 aliphatic carbocycles. The first-order valence-electron chi connectivity index (χ1n) is 6.03. The molecule has 17 heavy (non-hydrogen) atoms. The summed E-state index contributed by atoms with van der Waals surface area (Å²) in [6, 6.07) is 15.0. The van der Waals surface area contributed by atoms with Crippen molar-refractivity contribution in [1.29, 1.82) is 0 Å². The molecular formula is C16H17Si. The monoisotopic (exact) mass is 237 g/mol. The minimum Gasteiger partial charge on any atom is -0.0639 e. The van der Waals surface area contributed by atoms with Gasteiger partial charge in [0.05, 0.1) is 10.2 Å². The summed E-state index contributed by atoms with van der Waals surface area (Å²) in [5.41, 5.74) is 5.62. The van der Waals surface area contributed by atoms with Gasteiger partial charge in [-0.1, -0.05) is 47.7 Å². The Balaban J connectivity index is 2.17. The lowest BCUT2D eigenvalue weighted by Crippen LogP contribution is -2.14. The van der Waals surface area contributed by atoms with Crippen molar-refractivity contribution < 1.29 is 0 Å². The van der Waals surface area contributed by atoms with Crippen LogP contribution in [0.2, 0.25) is 0 Å². The fourth-order valence-corrected chi connectivity index (χ4v) is 2.51. The van der Waals surface area contributed by atoms with E-state index in [4.69, 9.17) is 0 Å². The van der Waals surface area contributed by atoms with Crippen molar-refractivity contribution in [3.63, 3.8) is 0 Å². The van der Waals surface area contributed by atoms with Gasteiger partial charge in [0.15, 0.2) is 0 Å². The fourth-order valence-electron chi connectivity index (χ4n) is 2.11. The molecule has 0 aromatic heterocycles. The second-order valence-corrected chi connectivity index (χ2v) is 5.06. The maximum atomic E-state index is 3.71. The zero-order valence-electron chi connectivity index (χ0n) is 10.5. The van der Waals surface area contributed by atoms with Crippen LogP contribution in [0, 0.1) is 13.8 Å². The van der Waals surface area contributed by atoms with Crippen molar-refractivity contribution in [2.75, 3.05) is 0 Å². The molecule has 0 saturated heterocycles. The first kappa shape index (κ1) is 12.1. The van der Waals surface area contributed by atoms with E-state index in [9.17, 15) is 0 Å². The lowest BCUT2D eigenvalue weighted by molar-refractivity contribution is 0.952. The smallest absolute Gasteiger partial charge is 0.0639 e. The predicted octanol–water partition coefficient (Wildman–Crippen LogP) is 2.88. The van der Waals surface area contributed by atoms with E-state index in [1.54, 1.807) is 0 Å². The molecule has 0 N–H and O–H groups in total. The van der Waals surface area contributed by atoms with Gasteiger partial charge in [-0.25, -0.2) is 0 Å². The molecule has 2 aromatic carbocycles. The summed E-state index contributed by atoms with van der Waals surface area (Å²) in [5.74, 6) is 0. The summed E-state index contributed by atoms with van der Waals surface area (Å²) in [4.78, 5) is 0. The topological polar surface area (TPSA) is 0 Å². The summed E-state index contributed by atoms with van der Waals surface area (Å²) < 4.78 is 0. The molecule has 0 heterocycles. The van der Waals surface area contributed by atoms with Gasteiger partial charge in [-0.15, -0.1) is 0 Å². The van der Waals surface area contributed by atoms with Gasteiger partial charge in [0, 0.05) is 0 Å². The van der Waals surface area contributed by atoms with Crippen molar-refractivity contribution in [1.82, 2.24) is 0 Å². The Hall–Kier alpha value is -1.34. The molecule has 3 radical (unpaired) electrons. The Bertz CT molecular complexity index is 500. The van der Waals surface area contributed by atoms with Crippen molar-refractivity contribution in [3.05, 3.63) is 64.7 Å². The van der Waals surface area contributed by atoms with Gasteiger partial charge in [0.25, 0.3) is 0 Å². The van der Waals surface area contributed by atoms with Crippen molar-refractivity contribution in [3.8, 4) is 0 Å². The van der Waals surface area contributed by atoms with Crippen LogP contribution in [-0.4, -0.2) is 10.2 Å². The normalized spacial score (nSPS) is 10.5. The molecule has 0 fully saturated rings. The molecule has 0 saturated carbocycles. The Labute approximate surface area is 107 Å². The van der Waals surface area contributed by atoms with Crippen LogP contribution >= 0.6 is 0 Å². The number of rotatable bonds is 3. The first-order chi connectivity index (χ1) is 8.18. The molecule has 0 aliphatic heterocycles. The highest BCUT2D eigenvalue weighted by molar-refractivity contribution is 6.33. The number of hydrogen-bond acceptors (Lipinski definition) is 0. The zero-order valence-corrected chi connectivity index (χ0v) is 11.5. The molecule has 0 spiro atoms. The lowest BCUT2D eigenvalue weighted by Gasteiger charge is -2.12. The Morgan fingerprint density at radius 2 is 1.59 bits per heavy atom. The summed E-state index contributed by atoms with van der Waals surface area (Å²) >= 11 is 0. The molecule has 2 aromatic rings. The highest BCUT2D eigenvalue weighted by Gasteiger charge is 2.05. The fraction of sp³-hybridized carbons (Fsp3) is 0.250. The zero-order chi connectivity index (χ0) is 12.3. The highest BCUT2D eigenvalue weighted by Crippen LogP contribution is 2.13. The van der Waals surface area contributed by atoms with Gasteiger partial charge >= 0.3 is 0 Å². The second-order valence-electron chi connectivity index (χ2n) is 4.52. The Morgan fingerprint density at radius 3 is 2.29 bits per heavy atom. The van der Waals surface area contributed by atoms with Gasteiger partial charge in [-0.2, -0.15) is 0 Å². The predicted molar refractivity (Wildman–Crippen MR) is 75.2 cm³/mol. The quantitative estimate of drug-likeness (QED) is 0.720. The summed E-state index contributed by atoms with van der Waals surface area (Å²) in [7, 11) is 3.71. The molecule has 85 valence electrons. The number of aryl methyl sites for hydroxylation is 2. The Kier molecular flexibility index (Phi) is 3.80. The third kappa shape index (κ3) is 2.86. The van der Waals surface area contributed by atoms with Crippen LogP contribution in [0.3, 0.4) is 0 Å². The van der Waals surface area contributed by atoms with E-state index in [1.165, 1.54) is 27.4 Å². The summed E-state index contributed by atoms with van der Waals surface area (Å²) in [6.07, 6.45) is 2.19. The van der Waals surface area contributed by atoms with Crippen LogP contribution in [0.5, 0.6) is 0 Å². The van der Waals surface area contributed by atoms with E-state index in [1.807, 2.05) is 0 Å². The van der Waals surface area contributed by atoms with E-state index in [2.05, 4.69) is 66.6 Å². The largest absolute Gasteiger partial charge is 0.0715 e. The van der Waals surface area contributed by atoms with Crippen LogP contribution in [0.15, 0.2) is 42.5 Å². The minimum atomic E-state index is 1.09. The van der Waals surface area contributed by atoms with E-state index < -0.39 is 0 Å². The molecule has 0 nitrogen and oxygen atoms in total. The van der Waals surface area contributed by atoms with Crippen LogP contribution in [0.4, 0.5) is 0 Å². The van der Waals surface area contributed by atoms with Crippen molar-refractivity contribution in [2.45, 2.75) is 26.7 Å². The lowest BCUT2D eigenvalue weighted by atomic mass is 9.97. The van der Waals surface area contributed by atoms with Crippen LogP contribution < -0.4 is 5.19 Å². The van der Waals surface area contributed by atoms with Crippen LogP contribution in [0.1, 0.15) is 22.3 Å². The van der Waals surface area contributed by atoms with Crippen LogP contribution in [-0.2, 0) is 12.8 Å². The van der Waals surface area contributed by atoms with Crippen molar-refractivity contribution in [2.24, 2.45) is 0 Å². The molecule has 0 bridgehead atoms. The molecular weight excluding hydrogens is 220 g/mol. The minimum absolute atomic E-state index is 1.09. The summed E-state index contributed by atoms with van der Waals surface area (Å²) in [6.45, 7) is 4.38. The van der Waals surface area contributed by atoms with Gasteiger partial charge in [-0.05, 0) is 48.9 Å². The van der Waals surface area contributed by atoms with E-state index >= 15 is 0 Å². The molecule has 0 aliphatic rings. The first-order valence-corrected chi connectivity index (χ1v) is 6.53. The molecule has 0 unspecified atom stereocenters. The number of benzene rings is 2. The molecule has 0 amide bonds. The van der Waals surface area contributed by atoms with Gasteiger partial charge in [0.2, 0.25) is 0 Å². The summed E-state index contributed by atoms with van der Waals surface area (Å²) in [5, 5.41) is 1.23. The van der Waals surface area contributed by atoms with Gasteiger partial charge < -0.3 is 0 Å². The third-order valence-corrected chi connectivity index (χ3v) is 3.84. The molecule has 2 rings (SSSR count). The maximum Gasteiger partial charge on any atom is 0.0715 e. The van der Waals surface area contributed by atoms with Crippen molar-refractivity contribution >= 4 is 15.4 Å². The highest BCUT2D eigenvalue weighted by atomic mass is 28.1. The number of hydrogen-bond donors (Lipinski definition) is 0. The van der Waals surface area contributed by atoms with E-state index in [0.717, 1.165) is 12.8 Å². The molecule has 0 atom stereocenters. The average Bonchev–Trinajstić information content (AvgIpc) is 2.35. The molecule has 1 heteroatoms. The van der Waals surface area contributed by atoms with Gasteiger partial charge in [-0.3, -0.25) is 0 Å². The maximum absolute atomic E-state index is 3.71. The van der Waals surface area contributed by atoms with Gasteiger partial charge in [0.1, 0.15) is 0 Å². The SMILES string of the molecule is Cc1ccc([Si])c(CCc2ccccc2)c1C. The second kappa shape index (κ2) is 5.33. The van der Waals surface area contributed by atoms with E-state index in [0.29, 0.717) is 0 Å². The van der Waals surface area contributed by atoms with Crippen LogP contribution in [0.25, 0.3) is 0 Å².